The summed E-state index contributed by atoms with van der Waals surface area (Å²) in [5.41, 5.74) is 2.81. The molecular formula is C24H30O7. The smallest absolute Gasteiger partial charge is 0.366 e. The Morgan fingerprint density at radius 2 is 1.90 bits per heavy atom. The number of methoxy groups -OCH3 is 2. The van der Waals surface area contributed by atoms with Gasteiger partial charge in [0.1, 0.15) is 17.3 Å². The Labute approximate surface area is 182 Å². The van der Waals surface area contributed by atoms with Gasteiger partial charge in [-0.1, -0.05) is 12.2 Å². The molecule has 7 nitrogen and oxygen atoms in total. The molecule has 1 aliphatic carbocycles. The minimum Gasteiger partial charge on any atom is -0.497 e. The maximum absolute atomic E-state index is 12.2. The third-order valence-corrected chi connectivity index (χ3v) is 5.16. The Morgan fingerprint density at radius 1 is 1.19 bits per heavy atom. The number of ether oxygens (including phenoxy) is 3. The van der Waals surface area contributed by atoms with Crippen LogP contribution in [-0.4, -0.2) is 48.6 Å². The van der Waals surface area contributed by atoms with Crippen molar-refractivity contribution in [3.8, 4) is 11.5 Å². The van der Waals surface area contributed by atoms with E-state index < -0.39 is 11.8 Å². The van der Waals surface area contributed by atoms with Crippen LogP contribution in [0.5, 0.6) is 11.5 Å². The quantitative estimate of drug-likeness (QED) is 0.183. The summed E-state index contributed by atoms with van der Waals surface area (Å²) in [5.74, 6) is -1.87. The van der Waals surface area contributed by atoms with Crippen molar-refractivity contribution >= 4 is 11.8 Å². The highest BCUT2D eigenvalue weighted by atomic mass is 16.6. The lowest BCUT2D eigenvalue weighted by atomic mass is 9.91. The molecule has 1 fully saturated rings. The largest absolute Gasteiger partial charge is 0.497 e. The number of carbonyl (C=O) groups is 2. The van der Waals surface area contributed by atoms with Crippen molar-refractivity contribution < 1.29 is 34.0 Å². The average Bonchev–Trinajstić information content (AvgIpc) is 3.12. The number of allylic oxidation sites excluding steroid dienone is 1. The zero-order valence-corrected chi connectivity index (χ0v) is 18.0. The number of carbonyl (C=O) groups excluding carboxylic acids is 2. The van der Waals surface area contributed by atoms with Gasteiger partial charge in [0.25, 0.3) is 5.79 Å². The van der Waals surface area contributed by atoms with Crippen LogP contribution in [0.2, 0.25) is 0 Å². The Balaban J connectivity index is 1.78. The van der Waals surface area contributed by atoms with Crippen LogP contribution in [0.1, 0.15) is 32.1 Å². The first-order valence-electron chi connectivity index (χ1n) is 10.3. The van der Waals surface area contributed by atoms with Gasteiger partial charge in [-0.3, -0.25) is 4.79 Å². The van der Waals surface area contributed by atoms with Crippen molar-refractivity contribution in [2.45, 2.75) is 37.9 Å². The summed E-state index contributed by atoms with van der Waals surface area (Å²) < 4.78 is 15.1. The van der Waals surface area contributed by atoms with Gasteiger partial charge < -0.3 is 24.4 Å². The summed E-state index contributed by atoms with van der Waals surface area (Å²) in [6.45, 7) is 0.543. The second-order valence-electron chi connectivity index (χ2n) is 7.34. The van der Waals surface area contributed by atoms with Crippen LogP contribution in [0, 0.1) is 11.8 Å². The van der Waals surface area contributed by atoms with Crippen LogP contribution in [-0.2, 0) is 14.3 Å². The topological polar surface area (TPSA) is 102 Å². The second kappa shape index (κ2) is 12.1. The van der Waals surface area contributed by atoms with E-state index in [4.69, 9.17) is 9.47 Å². The van der Waals surface area contributed by atoms with Crippen molar-refractivity contribution in [3.05, 3.63) is 54.3 Å². The van der Waals surface area contributed by atoms with Crippen molar-refractivity contribution in [3.63, 3.8) is 0 Å². The molecule has 31 heavy (non-hydrogen) atoms. The number of aliphatic hydroxyl groups is 2. The molecule has 0 saturated heterocycles. The molecule has 0 heterocycles. The summed E-state index contributed by atoms with van der Waals surface area (Å²) in [6, 6.07) is 7.41. The SMILES string of the molecule is COC(=O)C(O)(O)CC=C=CC[C@H]1C(=O)CC[C@@H]1/C=C/CCOc1ccc(OC)cc1. The fraction of sp³-hybridized carbons (Fsp3) is 0.458. The predicted molar refractivity (Wildman–Crippen MR) is 115 cm³/mol. The van der Waals surface area contributed by atoms with Crippen molar-refractivity contribution in [1.29, 1.82) is 0 Å². The molecule has 0 amide bonds. The van der Waals surface area contributed by atoms with E-state index in [2.05, 4.69) is 16.5 Å². The molecule has 2 N–H and O–H groups in total. The molecule has 2 atom stereocenters. The Kier molecular flexibility index (Phi) is 9.53. The van der Waals surface area contributed by atoms with Crippen molar-refractivity contribution in [1.82, 2.24) is 0 Å². The van der Waals surface area contributed by atoms with Gasteiger partial charge in [-0.2, -0.15) is 0 Å². The number of rotatable bonds is 11. The molecular weight excluding hydrogens is 400 g/mol. The maximum atomic E-state index is 12.2. The summed E-state index contributed by atoms with van der Waals surface area (Å²) in [6.07, 6.45) is 9.43. The average molecular weight is 430 g/mol. The maximum Gasteiger partial charge on any atom is 0.366 e. The molecule has 1 aromatic carbocycles. The van der Waals surface area contributed by atoms with Gasteiger partial charge in [-0.05, 0) is 61.6 Å². The molecule has 0 radical (unpaired) electrons. The van der Waals surface area contributed by atoms with Crippen LogP contribution in [0.3, 0.4) is 0 Å². The monoisotopic (exact) mass is 430 g/mol. The van der Waals surface area contributed by atoms with Gasteiger partial charge in [0, 0.05) is 18.8 Å². The molecule has 0 unspecified atom stereocenters. The van der Waals surface area contributed by atoms with E-state index >= 15 is 0 Å². The first-order chi connectivity index (χ1) is 14.9. The van der Waals surface area contributed by atoms with Gasteiger partial charge in [0.05, 0.1) is 20.8 Å². The van der Waals surface area contributed by atoms with E-state index in [1.165, 1.54) is 6.08 Å². The number of esters is 1. The summed E-state index contributed by atoms with van der Waals surface area (Å²) in [5, 5.41) is 19.1. The van der Waals surface area contributed by atoms with Crippen LogP contribution in [0.4, 0.5) is 0 Å². The van der Waals surface area contributed by atoms with Gasteiger partial charge in [0.2, 0.25) is 0 Å². The van der Waals surface area contributed by atoms with Gasteiger partial charge in [-0.15, -0.1) is 5.73 Å². The second-order valence-corrected chi connectivity index (χ2v) is 7.34. The standard InChI is InChI=1S/C24H30O7/c1-29-19-11-13-20(14-12-19)31-17-7-5-8-18-10-15-22(25)21(18)9-4-3-6-16-24(27,28)23(26)30-2/h4-6,8,11-14,18,21,27-28H,7,9-10,15-17H2,1-2H3/b8-5+/t3?,18-,21+/m0/s1. The number of hydrogen-bond acceptors (Lipinski definition) is 7. The molecule has 0 bridgehead atoms. The molecule has 168 valence electrons. The molecule has 1 saturated carbocycles. The van der Waals surface area contributed by atoms with E-state index in [1.54, 1.807) is 13.2 Å². The lowest BCUT2D eigenvalue weighted by Gasteiger charge is -2.15. The first-order valence-corrected chi connectivity index (χ1v) is 10.3. The molecule has 1 aliphatic rings. The lowest BCUT2D eigenvalue weighted by molar-refractivity contribution is -0.205. The van der Waals surface area contributed by atoms with Gasteiger partial charge in [-0.25, -0.2) is 4.79 Å². The fourth-order valence-corrected chi connectivity index (χ4v) is 3.39. The fourth-order valence-electron chi connectivity index (χ4n) is 3.39. The molecule has 1 aromatic rings. The number of hydrogen-bond donors (Lipinski definition) is 2. The Morgan fingerprint density at radius 3 is 2.58 bits per heavy atom. The van der Waals surface area contributed by atoms with Gasteiger partial charge >= 0.3 is 5.97 Å². The summed E-state index contributed by atoms with van der Waals surface area (Å²) >= 11 is 0. The number of ketones is 1. The molecule has 0 aromatic heterocycles. The van der Waals surface area contributed by atoms with E-state index in [1.807, 2.05) is 30.3 Å². The minimum atomic E-state index is -2.57. The van der Waals surface area contributed by atoms with E-state index in [0.29, 0.717) is 19.4 Å². The van der Waals surface area contributed by atoms with E-state index in [-0.39, 0.29) is 24.0 Å². The zero-order valence-electron chi connectivity index (χ0n) is 18.0. The van der Waals surface area contributed by atoms with Gasteiger partial charge in [0.15, 0.2) is 0 Å². The number of benzene rings is 1. The molecule has 7 heteroatoms. The van der Waals surface area contributed by atoms with E-state index in [0.717, 1.165) is 31.5 Å². The zero-order chi connectivity index (χ0) is 22.7. The normalized spacial score (nSPS) is 18.5. The Bertz CT molecular complexity index is 817. The highest BCUT2D eigenvalue weighted by molar-refractivity contribution is 5.83. The molecule has 0 spiro atoms. The summed E-state index contributed by atoms with van der Waals surface area (Å²) in [4.78, 5) is 23.4. The third-order valence-electron chi connectivity index (χ3n) is 5.16. The highest BCUT2D eigenvalue weighted by Crippen LogP contribution is 2.32. The molecule has 0 aliphatic heterocycles. The van der Waals surface area contributed by atoms with Crippen molar-refractivity contribution in [2.24, 2.45) is 11.8 Å². The van der Waals surface area contributed by atoms with Crippen LogP contribution < -0.4 is 9.47 Å². The van der Waals surface area contributed by atoms with Crippen LogP contribution >= 0.6 is 0 Å². The number of Topliss-reactive ketones (excluding diaryl/α,β-unsaturated/α-hetero) is 1. The van der Waals surface area contributed by atoms with Crippen LogP contribution in [0.15, 0.2) is 54.3 Å². The highest BCUT2D eigenvalue weighted by Gasteiger charge is 2.33. The summed E-state index contributed by atoms with van der Waals surface area (Å²) in [7, 11) is 2.70. The minimum absolute atomic E-state index is 0.117. The third kappa shape index (κ3) is 7.72. The Hall–Kier alpha value is -2.86. The molecule has 2 rings (SSSR count). The van der Waals surface area contributed by atoms with Crippen LogP contribution in [0.25, 0.3) is 0 Å². The lowest BCUT2D eigenvalue weighted by Crippen LogP contribution is -2.38. The first kappa shape index (κ1) is 24.4. The predicted octanol–water partition coefficient (Wildman–Crippen LogP) is 2.96. The van der Waals surface area contributed by atoms with Crippen molar-refractivity contribution in [2.75, 3.05) is 20.8 Å². The van der Waals surface area contributed by atoms with E-state index in [9.17, 15) is 19.8 Å².